The van der Waals surface area contributed by atoms with Gasteiger partial charge in [0.1, 0.15) is 0 Å². The third kappa shape index (κ3) is 3.31. The van der Waals surface area contributed by atoms with Gasteiger partial charge in [0, 0.05) is 17.1 Å². The van der Waals surface area contributed by atoms with Crippen molar-refractivity contribution in [2.75, 3.05) is 0 Å². The van der Waals surface area contributed by atoms with Crippen molar-refractivity contribution in [3.8, 4) is 0 Å². The summed E-state index contributed by atoms with van der Waals surface area (Å²) in [6.45, 7) is 3.17. The highest BCUT2D eigenvalue weighted by atomic mass is 79.9. The predicted molar refractivity (Wildman–Crippen MR) is 87.8 cm³/mol. The number of rotatable bonds is 5. The van der Waals surface area contributed by atoms with Gasteiger partial charge in [0.15, 0.2) is 0 Å². The Bertz CT molecular complexity index is 572. The van der Waals surface area contributed by atoms with Crippen molar-refractivity contribution in [1.82, 2.24) is 5.32 Å². The molecule has 1 nitrogen and oxygen atoms in total. The highest BCUT2D eigenvalue weighted by molar-refractivity contribution is 9.10. The van der Waals surface area contributed by atoms with Crippen molar-refractivity contribution in [3.05, 3.63) is 69.7 Å². The van der Waals surface area contributed by atoms with Gasteiger partial charge >= 0.3 is 0 Å². The second-order valence-electron chi connectivity index (χ2n) is 5.63. The summed E-state index contributed by atoms with van der Waals surface area (Å²) in [6, 6.07) is 17.8. The summed E-state index contributed by atoms with van der Waals surface area (Å²) in [4.78, 5) is 0. The molecule has 2 heteroatoms. The van der Waals surface area contributed by atoms with Gasteiger partial charge in [0.2, 0.25) is 0 Å². The fourth-order valence-electron chi connectivity index (χ4n) is 2.62. The number of benzene rings is 2. The van der Waals surface area contributed by atoms with E-state index in [1.807, 2.05) is 0 Å². The van der Waals surface area contributed by atoms with E-state index in [0.29, 0.717) is 6.04 Å². The standard InChI is InChI=1S/C18H20BrN/c1-13(14-8-10-17(19)11-9-14)20-12-16-4-2-3-5-18(16)15-6-7-15/h2-5,8-11,13,15,20H,6-7,12H2,1H3/t13-/m1/s1. The molecule has 1 saturated carbocycles. The normalized spacial score (nSPS) is 16.1. The average Bonchev–Trinajstić information content (AvgIpc) is 3.30. The fourth-order valence-corrected chi connectivity index (χ4v) is 2.88. The van der Waals surface area contributed by atoms with E-state index in [0.717, 1.165) is 16.9 Å². The Balaban J connectivity index is 1.65. The van der Waals surface area contributed by atoms with Crippen LogP contribution in [0.15, 0.2) is 53.0 Å². The van der Waals surface area contributed by atoms with Gasteiger partial charge < -0.3 is 5.32 Å². The van der Waals surface area contributed by atoms with Crippen LogP contribution in [-0.4, -0.2) is 0 Å². The van der Waals surface area contributed by atoms with Gasteiger partial charge in [-0.05, 0) is 54.5 Å². The van der Waals surface area contributed by atoms with E-state index in [1.165, 1.54) is 24.0 Å². The zero-order chi connectivity index (χ0) is 13.9. The Morgan fingerprint density at radius 3 is 2.50 bits per heavy atom. The average molecular weight is 330 g/mol. The Labute approximate surface area is 129 Å². The van der Waals surface area contributed by atoms with E-state index in [9.17, 15) is 0 Å². The minimum Gasteiger partial charge on any atom is -0.306 e. The number of halogens is 1. The number of hydrogen-bond acceptors (Lipinski definition) is 1. The molecule has 0 aliphatic heterocycles. The Morgan fingerprint density at radius 1 is 1.10 bits per heavy atom. The van der Waals surface area contributed by atoms with E-state index >= 15 is 0 Å². The molecule has 2 aromatic carbocycles. The molecule has 0 amide bonds. The molecule has 2 aromatic rings. The molecular weight excluding hydrogens is 310 g/mol. The lowest BCUT2D eigenvalue weighted by Crippen LogP contribution is -2.18. The minimum atomic E-state index is 0.371. The van der Waals surface area contributed by atoms with E-state index in [-0.39, 0.29) is 0 Å². The molecule has 3 rings (SSSR count). The van der Waals surface area contributed by atoms with Gasteiger partial charge in [-0.2, -0.15) is 0 Å². The third-order valence-electron chi connectivity index (χ3n) is 4.04. The van der Waals surface area contributed by atoms with Crippen molar-refractivity contribution in [2.45, 2.75) is 38.3 Å². The molecule has 1 fully saturated rings. The monoisotopic (exact) mass is 329 g/mol. The van der Waals surface area contributed by atoms with Crippen molar-refractivity contribution < 1.29 is 0 Å². The van der Waals surface area contributed by atoms with Crippen LogP contribution in [0.4, 0.5) is 0 Å². The van der Waals surface area contributed by atoms with Gasteiger partial charge in [-0.3, -0.25) is 0 Å². The SMILES string of the molecule is C[C@@H](NCc1ccccc1C1CC1)c1ccc(Br)cc1. The molecule has 1 aliphatic rings. The first-order chi connectivity index (χ1) is 9.74. The Hall–Kier alpha value is -1.12. The quantitative estimate of drug-likeness (QED) is 0.797. The lowest BCUT2D eigenvalue weighted by molar-refractivity contribution is 0.572. The van der Waals surface area contributed by atoms with Gasteiger partial charge in [-0.15, -0.1) is 0 Å². The highest BCUT2D eigenvalue weighted by Gasteiger charge is 2.25. The van der Waals surface area contributed by atoms with Gasteiger partial charge in [-0.1, -0.05) is 52.3 Å². The number of hydrogen-bond donors (Lipinski definition) is 1. The molecule has 1 aliphatic carbocycles. The maximum absolute atomic E-state index is 3.64. The van der Waals surface area contributed by atoms with Crippen LogP contribution in [-0.2, 0) is 6.54 Å². The van der Waals surface area contributed by atoms with Crippen molar-refractivity contribution in [1.29, 1.82) is 0 Å². The molecule has 0 heterocycles. The Kier molecular flexibility index (Phi) is 4.23. The maximum atomic E-state index is 3.64. The fraction of sp³-hybridized carbons (Fsp3) is 0.333. The summed E-state index contributed by atoms with van der Waals surface area (Å²) in [7, 11) is 0. The first kappa shape index (κ1) is 13.8. The molecule has 20 heavy (non-hydrogen) atoms. The zero-order valence-corrected chi connectivity index (χ0v) is 13.4. The molecule has 104 valence electrons. The van der Waals surface area contributed by atoms with Crippen LogP contribution >= 0.6 is 15.9 Å². The summed E-state index contributed by atoms with van der Waals surface area (Å²) < 4.78 is 1.13. The van der Waals surface area contributed by atoms with E-state index in [1.54, 1.807) is 5.56 Å². The maximum Gasteiger partial charge on any atom is 0.0294 e. The molecule has 0 unspecified atom stereocenters. The predicted octanol–water partition coefficient (Wildman–Crippen LogP) is 5.18. The topological polar surface area (TPSA) is 12.0 Å². The second-order valence-corrected chi connectivity index (χ2v) is 6.54. The third-order valence-corrected chi connectivity index (χ3v) is 4.57. The molecule has 0 bridgehead atoms. The van der Waals surface area contributed by atoms with Crippen LogP contribution < -0.4 is 5.32 Å². The summed E-state index contributed by atoms with van der Waals surface area (Å²) in [5, 5.41) is 3.64. The molecule has 1 atom stereocenters. The molecule has 0 spiro atoms. The van der Waals surface area contributed by atoms with Gasteiger partial charge in [-0.25, -0.2) is 0 Å². The van der Waals surface area contributed by atoms with Crippen molar-refractivity contribution in [2.24, 2.45) is 0 Å². The van der Waals surface area contributed by atoms with Crippen LogP contribution in [0.2, 0.25) is 0 Å². The van der Waals surface area contributed by atoms with Gasteiger partial charge in [0.25, 0.3) is 0 Å². The first-order valence-corrected chi connectivity index (χ1v) is 8.10. The molecule has 1 N–H and O–H groups in total. The smallest absolute Gasteiger partial charge is 0.0294 e. The van der Waals surface area contributed by atoms with Crippen LogP contribution in [0.3, 0.4) is 0 Å². The summed E-state index contributed by atoms with van der Waals surface area (Å²) in [6.07, 6.45) is 2.72. The molecule has 0 radical (unpaired) electrons. The highest BCUT2D eigenvalue weighted by Crippen LogP contribution is 2.41. The minimum absolute atomic E-state index is 0.371. The first-order valence-electron chi connectivity index (χ1n) is 7.30. The second kappa shape index (κ2) is 6.11. The van der Waals surface area contributed by atoms with E-state index < -0.39 is 0 Å². The van der Waals surface area contributed by atoms with E-state index in [2.05, 4.69) is 76.7 Å². The zero-order valence-electron chi connectivity index (χ0n) is 11.8. The van der Waals surface area contributed by atoms with E-state index in [4.69, 9.17) is 0 Å². The summed E-state index contributed by atoms with van der Waals surface area (Å²) in [5.74, 6) is 0.816. The van der Waals surface area contributed by atoms with Gasteiger partial charge in [0.05, 0.1) is 0 Å². The summed E-state index contributed by atoms with van der Waals surface area (Å²) >= 11 is 3.48. The summed E-state index contributed by atoms with van der Waals surface area (Å²) in [5.41, 5.74) is 4.33. The molecule has 0 aromatic heterocycles. The van der Waals surface area contributed by atoms with Crippen LogP contribution in [0.1, 0.15) is 48.4 Å². The van der Waals surface area contributed by atoms with Crippen LogP contribution in [0, 0.1) is 0 Å². The lowest BCUT2D eigenvalue weighted by atomic mass is 10.0. The van der Waals surface area contributed by atoms with Crippen molar-refractivity contribution >= 4 is 15.9 Å². The van der Waals surface area contributed by atoms with Crippen molar-refractivity contribution in [3.63, 3.8) is 0 Å². The molecular formula is C18H20BrN. The largest absolute Gasteiger partial charge is 0.306 e. The molecule has 0 saturated heterocycles. The number of nitrogens with one attached hydrogen (secondary N) is 1. The Morgan fingerprint density at radius 2 is 1.80 bits per heavy atom. The van der Waals surface area contributed by atoms with Crippen LogP contribution in [0.5, 0.6) is 0 Å². The lowest BCUT2D eigenvalue weighted by Gasteiger charge is -2.16. The van der Waals surface area contributed by atoms with Crippen LogP contribution in [0.25, 0.3) is 0 Å².